The summed E-state index contributed by atoms with van der Waals surface area (Å²) < 4.78 is 34.0. The number of fused-ring (bicyclic) bond motifs is 1. The zero-order chi connectivity index (χ0) is 22.9. The summed E-state index contributed by atoms with van der Waals surface area (Å²) in [6, 6.07) is 19.8. The van der Waals surface area contributed by atoms with E-state index in [-0.39, 0.29) is 10.8 Å². The van der Waals surface area contributed by atoms with Gasteiger partial charge in [-0.2, -0.15) is 0 Å². The van der Waals surface area contributed by atoms with E-state index in [0.29, 0.717) is 33.3 Å². The second-order valence-corrected chi connectivity index (χ2v) is 8.86. The number of ether oxygens (including phenoxy) is 1. The fourth-order valence-electron chi connectivity index (χ4n) is 3.47. The van der Waals surface area contributed by atoms with Crippen LogP contribution >= 0.6 is 0 Å². The van der Waals surface area contributed by atoms with Gasteiger partial charge in [0.05, 0.1) is 28.8 Å². The minimum Gasteiger partial charge on any atom is -0.465 e. The highest BCUT2D eigenvalue weighted by Gasteiger charge is 2.20. The lowest BCUT2D eigenvalue weighted by atomic mass is 10.1. The van der Waals surface area contributed by atoms with Crippen LogP contribution in [0.25, 0.3) is 10.9 Å². The molecule has 0 atom stereocenters. The van der Waals surface area contributed by atoms with E-state index >= 15 is 0 Å². The van der Waals surface area contributed by atoms with Crippen LogP contribution < -0.4 is 4.72 Å². The van der Waals surface area contributed by atoms with Crippen molar-refractivity contribution in [3.05, 3.63) is 95.7 Å². The number of sulfonamides is 1. The molecule has 0 saturated heterocycles. The van der Waals surface area contributed by atoms with E-state index in [2.05, 4.69) is 4.72 Å². The first-order chi connectivity index (χ1) is 15.3. The highest BCUT2D eigenvalue weighted by molar-refractivity contribution is 7.92. The molecule has 0 aliphatic heterocycles. The van der Waals surface area contributed by atoms with Crippen molar-refractivity contribution in [2.75, 3.05) is 11.8 Å². The topological polar surface area (TPSA) is 94.5 Å². The average Bonchev–Trinajstić information content (AvgIpc) is 3.19. The molecule has 1 N–H and O–H groups in total. The van der Waals surface area contributed by atoms with E-state index in [1.54, 1.807) is 67.6 Å². The third-order valence-electron chi connectivity index (χ3n) is 5.11. The van der Waals surface area contributed by atoms with Gasteiger partial charge in [0.15, 0.2) is 0 Å². The Morgan fingerprint density at radius 2 is 1.62 bits per heavy atom. The van der Waals surface area contributed by atoms with Gasteiger partial charge in [-0.1, -0.05) is 36.4 Å². The average molecular weight is 449 g/mol. The zero-order valence-electron chi connectivity index (χ0n) is 17.4. The summed E-state index contributed by atoms with van der Waals surface area (Å²) in [5.74, 6) is -0.883. The smallest absolute Gasteiger partial charge is 0.340 e. The van der Waals surface area contributed by atoms with Crippen molar-refractivity contribution in [2.45, 2.75) is 11.8 Å². The molecule has 32 heavy (non-hydrogen) atoms. The van der Waals surface area contributed by atoms with Gasteiger partial charge >= 0.3 is 5.97 Å². The normalized spacial score (nSPS) is 11.3. The SMILES string of the molecule is COC(=O)c1cn(C(=O)c2ccc(NS(=O)(=O)c3ccccc3)c(C)c2)c2ccccc12. The summed E-state index contributed by atoms with van der Waals surface area (Å²) >= 11 is 0. The first kappa shape index (κ1) is 21.3. The Kier molecular flexibility index (Phi) is 5.54. The lowest BCUT2D eigenvalue weighted by Gasteiger charge is -2.12. The predicted molar refractivity (Wildman–Crippen MR) is 121 cm³/mol. The van der Waals surface area contributed by atoms with Crippen molar-refractivity contribution >= 4 is 38.5 Å². The van der Waals surface area contributed by atoms with Crippen LogP contribution in [0.15, 0.2) is 83.9 Å². The van der Waals surface area contributed by atoms with Crippen LogP contribution in [0.1, 0.15) is 26.3 Å². The van der Waals surface area contributed by atoms with Gasteiger partial charge in [-0.25, -0.2) is 13.2 Å². The molecule has 7 nitrogen and oxygen atoms in total. The van der Waals surface area contributed by atoms with Crippen molar-refractivity contribution in [2.24, 2.45) is 0 Å². The van der Waals surface area contributed by atoms with Crippen LogP contribution in [0.3, 0.4) is 0 Å². The van der Waals surface area contributed by atoms with E-state index in [1.807, 2.05) is 0 Å². The van der Waals surface area contributed by atoms with Crippen LogP contribution in [0.4, 0.5) is 5.69 Å². The van der Waals surface area contributed by atoms with Gasteiger partial charge in [0.1, 0.15) is 0 Å². The third-order valence-corrected chi connectivity index (χ3v) is 6.49. The first-order valence-electron chi connectivity index (χ1n) is 9.73. The molecule has 0 radical (unpaired) electrons. The highest BCUT2D eigenvalue weighted by atomic mass is 32.2. The van der Waals surface area contributed by atoms with Crippen LogP contribution in [-0.4, -0.2) is 32.0 Å². The summed E-state index contributed by atoms with van der Waals surface area (Å²) in [7, 11) is -2.46. The van der Waals surface area contributed by atoms with E-state index in [4.69, 9.17) is 4.74 Å². The Labute approximate surface area is 185 Å². The number of carbonyl (C=O) groups excluding carboxylic acids is 2. The van der Waals surface area contributed by atoms with Crippen LogP contribution in [-0.2, 0) is 14.8 Å². The Balaban J connectivity index is 1.68. The van der Waals surface area contributed by atoms with Crippen LogP contribution in [0.5, 0.6) is 0 Å². The zero-order valence-corrected chi connectivity index (χ0v) is 18.2. The number of esters is 1. The number of nitrogens with one attached hydrogen (secondary N) is 1. The van der Waals surface area contributed by atoms with Crippen molar-refractivity contribution in [3.63, 3.8) is 0 Å². The maximum absolute atomic E-state index is 13.2. The number of methoxy groups -OCH3 is 1. The number of nitrogens with zero attached hydrogens (tertiary/aromatic N) is 1. The minimum atomic E-state index is -3.75. The Morgan fingerprint density at radius 1 is 0.938 bits per heavy atom. The monoisotopic (exact) mass is 448 g/mol. The van der Waals surface area contributed by atoms with E-state index in [0.717, 1.165) is 0 Å². The maximum Gasteiger partial charge on any atom is 0.340 e. The number of hydrogen-bond donors (Lipinski definition) is 1. The molecule has 0 aliphatic rings. The van der Waals surface area contributed by atoms with Gasteiger partial charge in [-0.3, -0.25) is 14.1 Å². The molecule has 0 amide bonds. The summed E-state index contributed by atoms with van der Waals surface area (Å²) in [4.78, 5) is 25.5. The van der Waals surface area contributed by atoms with Crippen molar-refractivity contribution in [1.82, 2.24) is 4.57 Å². The van der Waals surface area contributed by atoms with E-state index in [1.165, 1.54) is 30.0 Å². The molecule has 162 valence electrons. The molecule has 0 fully saturated rings. The fraction of sp³-hybridized carbons (Fsp3) is 0.0833. The van der Waals surface area contributed by atoms with Crippen molar-refractivity contribution in [3.8, 4) is 0 Å². The summed E-state index contributed by atoms with van der Waals surface area (Å²) in [5, 5.41) is 0.608. The highest BCUT2D eigenvalue weighted by Crippen LogP contribution is 2.25. The molecule has 3 aromatic carbocycles. The maximum atomic E-state index is 13.2. The molecular weight excluding hydrogens is 428 g/mol. The Morgan fingerprint density at radius 3 is 2.31 bits per heavy atom. The standard InChI is InChI=1S/C24H20N2O5S/c1-16-14-17(12-13-21(16)25-32(29,30)18-8-4-3-5-9-18)23(27)26-15-20(24(28)31-2)19-10-6-7-11-22(19)26/h3-15,25H,1-2H3. The quantitative estimate of drug-likeness (QED) is 0.461. The van der Waals surface area contributed by atoms with Gasteiger partial charge in [0.2, 0.25) is 0 Å². The lowest BCUT2D eigenvalue weighted by molar-refractivity contribution is 0.0603. The second-order valence-electron chi connectivity index (χ2n) is 7.17. The third kappa shape index (κ3) is 3.88. The van der Waals surface area contributed by atoms with E-state index < -0.39 is 16.0 Å². The first-order valence-corrected chi connectivity index (χ1v) is 11.2. The molecule has 0 saturated carbocycles. The molecule has 0 bridgehead atoms. The van der Waals surface area contributed by atoms with Gasteiger partial charge in [-0.15, -0.1) is 0 Å². The fourth-order valence-corrected chi connectivity index (χ4v) is 4.63. The number of hydrogen-bond acceptors (Lipinski definition) is 5. The molecule has 0 unspecified atom stereocenters. The molecule has 1 aromatic heterocycles. The van der Waals surface area contributed by atoms with Crippen LogP contribution in [0.2, 0.25) is 0 Å². The minimum absolute atomic E-state index is 0.147. The number of para-hydroxylation sites is 1. The van der Waals surface area contributed by atoms with Crippen molar-refractivity contribution in [1.29, 1.82) is 0 Å². The predicted octanol–water partition coefficient (Wildman–Crippen LogP) is 4.23. The van der Waals surface area contributed by atoms with Gasteiger partial charge in [0, 0.05) is 17.1 Å². The Hall–Kier alpha value is -3.91. The van der Waals surface area contributed by atoms with Crippen molar-refractivity contribution < 1.29 is 22.7 Å². The number of aromatic nitrogens is 1. The lowest BCUT2D eigenvalue weighted by Crippen LogP contribution is -2.15. The van der Waals surface area contributed by atoms with Gasteiger partial charge < -0.3 is 4.74 Å². The number of benzene rings is 3. The number of anilines is 1. The molecular formula is C24H20N2O5S. The molecule has 4 rings (SSSR count). The molecule has 0 aliphatic carbocycles. The van der Waals surface area contributed by atoms with Gasteiger partial charge in [0.25, 0.3) is 15.9 Å². The summed E-state index contributed by atoms with van der Waals surface area (Å²) in [6.07, 6.45) is 1.46. The molecule has 0 spiro atoms. The largest absolute Gasteiger partial charge is 0.465 e. The van der Waals surface area contributed by atoms with E-state index in [9.17, 15) is 18.0 Å². The molecule has 4 aromatic rings. The summed E-state index contributed by atoms with van der Waals surface area (Å²) in [5.41, 5.74) is 2.17. The number of rotatable bonds is 5. The van der Waals surface area contributed by atoms with Crippen LogP contribution in [0, 0.1) is 6.92 Å². The molecule has 8 heteroatoms. The molecule has 1 heterocycles. The number of carbonyl (C=O) groups is 2. The number of aryl methyl sites for hydroxylation is 1. The second kappa shape index (κ2) is 8.32. The van der Waals surface area contributed by atoms with Gasteiger partial charge in [-0.05, 0) is 48.9 Å². The summed E-state index contributed by atoms with van der Waals surface area (Å²) in [6.45, 7) is 1.72. The Bertz CT molecular complexity index is 1440.